The van der Waals surface area contributed by atoms with Gasteiger partial charge in [0.15, 0.2) is 0 Å². The number of aromatic nitrogens is 1. The van der Waals surface area contributed by atoms with Gasteiger partial charge in [-0.25, -0.2) is 0 Å². The normalized spacial score (nSPS) is 10.7. The van der Waals surface area contributed by atoms with Crippen molar-refractivity contribution < 1.29 is 14.2 Å². The summed E-state index contributed by atoms with van der Waals surface area (Å²) in [5, 5.41) is 0. The molecule has 0 bridgehead atoms. The summed E-state index contributed by atoms with van der Waals surface area (Å²) in [6.45, 7) is 4.92. The van der Waals surface area contributed by atoms with Gasteiger partial charge in [-0.3, -0.25) is 4.98 Å². The Kier molecular flexibility index (Phi) is 5.97. The van der Waals surface area contributed by atoms with Gasteiger partial charge in [0.1, 0.15) is 17.2 Å². The van der Waals surface area contributed by atoms with Crippen LogP contribution in [0.25, 0.3) is 22.4 Å². The summed E-state index contributed by atoms with van der Waals surface area (Å²) >= 11 is 0. The van der Waals surface area contributed by atoms with Gasteiger partial charge < -0.3 is 14.2 Å². The second-order valence-corrected chi connectivity index (χ2v) is 6.73. The molecule has 2 aromatic carbocycles. The number of methoxy groups -OCH3 is 2. The van der Waals surface area contributed by atoms with E-state index < -0.39 is 0 Å². The number of rotatable bonds is 7. The van der Waals surface area contributed by atoms with Gasteiger partial charge in [-0.05, 0) is 53.9 Å². The molecule has 0 amide bonds. The minimum Gasteiger partial charge on any atom is -0.497 e. The molecule has 1 aromatic heterocycles. The molecule has 27 heavy (non-hydrogen) atoms. The summed E-state index contributed by atoms with van der Waals surface area (Å²) < 4.78 is 16.4. The highest BCUT2D eigenvalue weighted by Crippen LogP contribution is 2.34. The molecule has 0 atom stereocenters. The Balaban J connectivity index is 2.04. The summed E-state index contributed by atoms with van der Waals surface area (Å²) in [7, 11) is 3.33. The van der Waals surface area contributed by atoms with Gasteiger partial charge in [-0.15, -0.1) is 0 Å². The van der Waals surface area contributed by atoms with E-state index in [1.54, 1.807) is 20.4 Å². The van der Waals surface area contributed by atoms with Crippen LogP contribution in [0.2, 0.25) is 0 Å². The molecule has 0 fully saturated rings. The highest BCUT2D eigenvalue weighted by atomic mass is 16.5. The number of hydrogen-bond donors (Lipinski definition) is 0. The monoisotopic (exact) mass is 363 g/mol. The number of benzene rings is 2. The van der Waals surface area contributed by atoms with Crippen LogP contribution in [0.4, 0.5) is 0 Å². The van der Waals surface area contributed by atoms with E-state index in [0.29, 0.717) is 12.5 Å². The van der Waals surface area contributed by atoms with E-state index >= 15 is 0 Å². The molecule has 0 saturated heterocycles. The first-order chi connectivity index (χ1) is 13.1. The van der Waals surface area contributed by atoms with Crippen LogP contribution in [-0.2, 0) is 0 Å². The Morgan fingerprint density at radius 3 is 1.85 bits per heavy atom. The van der Waals surface area contributed by atoms with Crippen molar-refractivity contribution in [2.24, 2.45) is 5.92 Å². The predicted molar refractivity (Wildman–Crippen MR) is 109 cm³/mol. The molecule has 3 rings (SSSR count). The fourth-order valence-electron chi connectivity index (χ4n) is 2.76. The number of hydrogen-bond acceptors (Lipinski definition) is 4. The van der Waals surface area contributed by atoms with Crippen molar-refractivity contribution in [2.75, 3.05) is 20.8 Å². The van der Waals surface area contributed by atoms with Crippen molar-refractivity contribution in [2.45, 2.75) is 13.8 Å². The lowest BCUT2D eigenvalue weighted by Crippen LogP contribution is -2.05. The van der Waals surface area contributed by atoms with Crippen LogP contribution in [0.15, 0.2) is 60.8 Å². The Labute approximate surface area is 160 Å². The van der Waals surface area contributed by atoms with Gasteiger partial charge in [-0.1, -0.05) is 26.0 Å². The SMILES string of the molecule is COc1ccc(-c2cc(OCC(C)C)cnc2-c2ccc(OC)cc2)cc1. The summed E-state index contributed by atoms with van der Waals surface area (Å²) in [5.74, 6) is 2.87. The van der Waals surface area contributed by atoms with Gasteiger partial charge in [0.2, 0.25) is 0 Å². The number of nitrogens with zero attached hydrogens (tertiary/aromatic N) is 1. The Morgan fingerprint density at radius 2 is 1.33 bits per heavy atom. The summed E-state index contributed by atoms with van der Waals surface area (Å²) in [6, 6.07) is 18.0. The van der Waals surface area contributed by atoms with Crippen molar-refractivity contribution in [1.29, 1.82) is 0 Å². The average molecular weight is 363 g/mol. The Bertz CT molecular complexity index is 871. The van der Waals surface area contributed by atoms with Gasteiger partial charge in [-0.2, -0.15) is 0 Å². The molecule has 1 heterocycles. The molecule has 4 heteroatoms. The third kappa shape index (κ3) is 4.59. The lowest BCUT2D eigenvalue weighted by molar-refractivity contribution is 0.270. The fourth-order valence-corrected chi connectivity index (χ4v) is 2.76. The molecule has 0 saturated carbocycles. The molecule has 3 aromatic rings. The van der Waals surface area contributed by atoms with Crippen molar-refractivity contribution >= 4 is 0 Å². The minimum atomic E-state index is 0.454. The zero-order chi connectivity index (χ0) is 19.2. The van der Waals surface area contributed by atoms with Crippen LogP contribution in [0.3, 0.4) is 0 Å². The predicted octanol–water partition coefficient (Wildman–Crippen LogP) is 5.47. The van der Waals surface area contributed by atoms with Crippen molar-refractivity contribution in [3.05, 3.63) is 60.8 Å². The highest BCUT2D eigenvalue weighted by Gasteiger charge is 2.12. The van der Waals surface area contributed by atoms with Gasteiger partial charge in [0, 0.05) is 11.1 Å². The maximum atomic E-state index is 5.89. The van der Waals surface area contributed by atoms with Crippen LogP contribution < -0.4 is 14.2 Å². The van der Waals surface area contributed by atoms with Crippen molar-refractivity contribution in [3.8, 4) is 39.6 Å². The summed E-state index contributed by atoms with van der Waals surface area (Å²) in [5.41, 5.74) is 4.00. The number of pyridine rings is 1. The second-order valence-electron chi connectivity index (χ2n) is 6.73. The fraction of sp³-hybridized carbons (Fsp3) is 0.261. The molecule has 0 N–H and O–H groups in total. The summed E-state index contributed by atoms with van der Waals surface area (Å²) in [4.78, 5) is 4.70. The molecule has 0 radical (unpaired) electrons. The molecule has 0 unspecified atom stereocenters. The van der Waals surface area contributed by atoms with E-state index in [4.69, 9.17) is 19.2 Å². The van der Waals surface area contributed by atoms with E-state index in [1.807, 2.05) is 48.5 Å². The van der Waals surface area contributed by atoms with Gasteiger partial charge in [0.05, 0.1) is 32.7 Å². The Hall–Kier alpha value is -3.01. The minimum absolute atomic E-state index is 0.454. The molecule has 0 aliphatic carbocycles. The van der Waals surface area contributed by atoms with Crippen LogP contribution >= 0.6 is 0 Å². The third-order valence-electron chi connectivity index (χ3n) is 4.21. The first-order valence-electron chi connectivity index (χ1n) is 9.02. The molecule has 0 spiro atoms. The maximum absolute atomic E-state index is 5.89. The number of ether oxygens (including phenoxy) is 3. The molecular formula is C23H25NO3. The van der Waals surface area contributed by atoms with Crippen molar-refractivity contribution in [3.63, 3.8) is 0 Å². The standard InChI is InChI=1S/C23H25NO3/c1-16(2)15-27-21-13-22(17-5-9-19(25-3)10-6-17)23(24-14-21)18-7-11-20(26-4)12-8-18/h5-14,16H,15H2,1-4H3. The van der Waals surface area contributed by atoms with Crippen LogP contribution in [0, 0.1) is 5.92 Å². The van der Waals surface area contributed by atoms with E-state index in [9.17, 15) is 0 Å². The van der Waals surface area contributed by atoms with Crippen LogP contribution in [0.5, 0.6) is 17.2 Å². The lowest BCUT2D eigenvalue weighted by Gasteiger charge is -2.14. The largest absolute Gasteiger partial charge is 0.497 e. The average Bonchev–Trinajstić information content (AvgIpc) is 2.72. The molecule has 140 valence electrons. The summed E-state index contributed by atoms with van der Waals surface area (Å²) in [6.07, 6.45) is 1.79. The lowest BCUT2D eigenvalue weighted by atomic mass is 9.99. The zero-order valence-corrected chi connectivity index (χ0v) is 16.2. The molecule has 0 aliphatic rings. The van der Waals surface area contributed by atoms with E-state index in [1.165, 1.54) is 0 Å². The van der Waals surface area contributed by atoms with Gasteiger partial charge >= 0.3 is 0 Å². The highest BCUT2D eigenvalue weighted by molar-refractivity contribution is 5.81. The zero-order valence-electron chi connectivity index (χ0n) is 16.2. The maximum Gasteiger partial charge on any atom is 0.138 e. The third-order valence-corrected chi connectivity index (χ3v) is 4.21. The van der Waals surface area contributed by atoms with Gasteiger partial charge in [0.25, 0.3) is 0 Å². The van der Waals surface area contributed by atoms with Crippen LogP contribution in [0.1, 0.15) is 13.8 Å². The van der Waals surface area contributed by atoms with E-state index in [2.05, 4.69) is 19.9 Å². The van der Waals surface area contributed by atoms with E-state index in [-0.39, 0.29) is 0 Å². The van der Waals surface area contributed by atoms with E-state index in [0.717, 1.165) is 39.6 Å². The topological polar surface area (TPSA) is 40.6 Å². The molecular weight excluding hydrogens is 338 g/mol. The molecule has 4 nitrogen and oxygen atoms in total. The van der Waals surface area contributed by atoms with Crippen molar-refractivity contribution in [1.82, 2.24) is 4.98 Å². The first-order valence-corrected chi connectivity index (χ1v) is 9.02. The molecule has 0 aliphatic heterocycles. The second kappa shape index (κ2) is 8.58. The van der Waals surface area contributed by atoms with Crippen LogP contribution in [-0.4, -0.2) is 25.8 Å². The quantitative estimate of drug-likeness (QED) is 0.558. The first kappa shape index (κ1) is 18.8. The smallest absolute Gasteiger partial charge is 0.138 e. The Morgan fingerprint density at radius 1 is 0.778 bits per heavy atom.